The average Bonchev–Trinajstić information content (AvgIpc) is 3.45. The second-order valence-electron chi connectivity index (χ2n) is 10.8. The molecule has 2 aliphatic heterocycles. The molecule has 0 aliphatic carbocycles. The highest BCUT2D eigenvalue weighted by Gasteiger charge is 2.54. The first-order valence-corrected chi connectivity index (χ1v) is 14.2. The van der Waals surface area contributed by atoms with Crippen molar-refractivity contribution in [3.8, 4) is 5.75 Å². The lowest BCUT2D eigenvalue weighted by molar-refractivity contribution is -0.141. The first-order valence-electron chi connectivity index (χ1n) is 14.2. The molecule has 2 aliphatic rings. The highest BCUT2D eigenvalue weighted by molar-refractivity contribution is 6.00. The molecule has 0 saturated carbocycles. The van der Waals surface area contributed by atoms with Gasteiger partial charge in [0.25, 0.3) is 0 Å². The van der Waals surface area contributed by atoms with E-state index in [2.05, 4.69) is 24.5 Å². The van der Waals surface area contributed by atoms with Crippen molar-refractivity contribution in [1.29, 1.82) is 0 Å². The van der Waals surface area contributed by atoms with Gasteiger partial charge in [0.1, 0.15) is 24.0 Å². The molecule has 38 heavy (non-hydrogen) atoms. The summed E-state index contributed by atoms with van der Waals surface area (Å²) < 4.78 is 13.1. The SMILES string of the molecule is CCCCNC(=O)CC[C@H](CC)c1cc(NC(=O)[C@H](C)N2CC[C@@]3(CCCN3CCF)C2=O)c(O)cc1C. The number of aryl methyl sites for hydroxylation is 1. The van der Waals surface area contributed by atoms with Gasteiger partial charge in [-0.15, -0.1) is 0 Å². The Kier molecular flexibility index (Phi) is 10.5. The molecule has 8 nitrogen and oxygen atoms in total. The van der Waals surface area contributed by atoms with Crippen LogP contribution < -0.4 is 10.6 Å². The number of nitrogens with one attached hydrogen (secondary N) is 2. The minimum absolute atomic E-state index is 0.0342. The van der Waals surface area contributed by atoms with Crippen molar-refractivity contribution >= 4 is 23.4 Å². The van der Waals surface area contributed by atoms with Gasteiger partial charge in [0.05, 0.1) is 5.69 Å². The van der Waals surface area contributed by atoms with Crippen LogP contribution in [0.15, 0.2) is 12.1 Å². The van der Waals surface area contributed by atoms with Crippen molar-refractivity contribution in [3.05, 3.63) is 23.3 Å². The standard InChI is InChI=1S/C29H45FN4O4/c1-5-7-14-31-26(36)10-9-22(6-2)23-19-24(25(35)18-20(23)3)32-27(37)21(4)34-16-12-29(28(34)38)11-8-15-33(29)17-13-30/h18-19,21-22,35H,5-17H2,1-4H3,(H,31,36)(H,32,37)/t21-,22-,29-/m0/s1. The molecule has 3 amide bonds. The molecule has 1 aromatic rings. The number of hydrogen-bond acceptors (Lipinski definition) is 5. The molecule has 0 unspecified atom stereocenters. The van der Waals surface area contributed by atoms with Gasteiger partial charge in [-0.1, -0.05) is 20.3 Å². The van der Waals surface area contributed by atoms with Gasteiger partial charge >= 0.3 is 0 Å². The number of halogens is 1. The number of phenols is 1. The minimum Gasteiger partial charge on any atom is -0.506 e. The summed E-state index contributed by atoms with van der Waals surface area (Å²) in [4.78, 5) is 42.4. The van der Waals surface area contributed by atoms with Crippen molar-refractivity contribution in [2.45, 2.75) is 96.6 Å². The van der Waals surface area contributed by atoms with Gasteiger partial charge in [0.15, 0.2) is 0 Å². The van der Waals surface area contributed by atoms with E-state index in [-0.39, 0.29) is 35.9 Å². The van der Waals surface area contributed by atoms with Crippen molar-refractivity contribution in [2.75, 3.05) is 38.2 Å². The Morgan fingerprint density at radius 2 is 1.97 bits per heavy atom. The predicted octanol–water partition coefficient (Wildman–Crippen LogP) is 4.25. The number of rotatable bonds is 13. The number of benzene rings is 1. The molecule has 9 heteroatoms. The lowest BCUT2D eigenvalue weighted by atomic mass is 9.88. The number of nitrogens with zero attached hydrogens (tertiary/aromatic N) is 2. The fraction of sp³-hybridized carbons (Fsp3) is 0.690. The fourth-order valence-electron chi connectivity index (χ4n) is 6.04. The van der Waals surface area contributed by atoms with Crippen LogP contribution in [0, 0.1) is 6.92 Å². The third-order valence-electron chi connectivity index (χ3n) is 8.40. The van der Waals surface area contributed by atoms with Crippen LogP contribution in [0.3, 0.4) is 0 Å². The van der Waals surface area contributed by atoms with Gasteiger partial charge in [-0.3, -0.25) is 19.3 Å². The molecule has 3 N–H and O–H groups in total. The first-order chi connectivity index (χ1) is 18.2. The van der Waals surface area contributed by atoms with Gasteiger partial charge < -0.3 is 20.6 Å². The second-order valence-corrected chi connectivity index (χ2v) is 10.8. The summed E-state index contributed by atoms with van der Waals surface area (Å²) >= 11 is 0. The van der Waals surface area contributed by atoms with Crippen LogP contribution in [0.1, 0.15) is 89.2 Å². The zero-order chi connectivity index (χ0) is 27.9. The van der Waals surface area contributed by atoms with E-state index >= 15 is 0 Å². The van der Waals surface area contributed by atoms with Crippen LogP contribution >= 0.6 is 0 Å². The largest absolute Gasteiger partial charge is 0.506 e. The van der Waals surface area contributed by atoms with Gasteiger partial charge in [-0.25, -0.2) is 4.39 Å². The molecule has 0 radical (unpaired) electrons. The van der Waals surface area contributed by atoms with E-state index in [0.717, 1.165) is 36.8 Å². The Bertz CT molecular complexity index is 1000. The number of phenolic OH excluding ortho intramolecular Hbond substituents is 1. The maximum absolute atomic E-state index is 13.4. The molecule has 2 fully saturated rings. The van der Waals surface area contributed by atoms with Crippen molar-refractivity contribution in [3.63, 3.8) is 0 Å². The normalized spacial score (nSPS) is 21.2. The number of carbonyl (C=O) groups is 3. The Hall–Kier alpha value is -2.68. The lowest BCUT2D eigenvalue weighted by Crippen LogP contribution is -2.53. The molecule has 0 aromatic heterocycles. The molecule has 2 saturated heterocycles. The Morgan fingerprint density at radius 1 is 1.21 bits per heavy atom. The second kappa shape index (κ2) is 13.4. The number of anilines is 1. The number of alkyl halides is 1. The lowest BCUT2D eigenvalue weighted by Gasteiger charge is -2.33. The van der Waals surface area contributed by atoms with Crippen LogP contribution in [-0.2, 0) is 14.4 Å². The van der Waals surface area contributed by atoms with E-state index in [0.29, 0.717) is 51.0 Å². The summed E-state index contributed by atoms with van der Waals surface area (Å²) in [6.45, 7) is 9.33. The zero-order valence-electron chi connectivity index (χ0n) is 23.4. The topological polar surface area (TPSA) is 102 Å². The Labute approximate surface area is 226 Å². The van der Waals surface area contributed by atoms with Crippen LogP contribution in [-0.4, -0.2) is 77.1 Å². The summed E-state index contributed by atoms with van der Waals surface area (Å²) in [5.74, 6) is -0.379. The van der Waals surface area contributed by atoms with E-state index in [1.54, 1.807) is 24.0 Å². The van der Waals surface area contributed by atoms with E-state index in [1.165, 1.54) is 0 Å². The molecule has 2 heterocycles. The van der Waals surface area contributed by atoms with Crippen molar-refractivity contribution in [2.24, 2.45) is 0 Å². The number of likely N-dealkylation sites (tertiary alicyclic amines) is 2. The maximum atomic E-state index is 13.4. The molecule has 1 aromatic carbocycles. The fourth-order valence-corrected chi connectivity index (χ4v) is 6.04. The summed E-state index contributed by atoms with van der Waals surface area (Å²) in [6, 6.07) is 2.71. The van der Waals surface area contributed by atoms with Gasteiger partial charge in [0.2, 0.25) is 17.7 Å². The number of hydrogen-bond donors (Lipinski definition) is 3. The monoisotopic (exact) mass is 532 g/mol. The third-order valence-corrected chi connectivity index (χ3v) is 8.40. The van der Waals surface area contributed by atoms with E-state index in [4.69, 9.17) is 0 Å². The summed E-state index contributed by atoms with van der Waals surface area (Å²) in [5, 5.41) is 16.4. The molecule has 3 atom stereocenters. The maximum Gasteiger partial charge on any atom is 0.246 e. The number of carbonyl (C=O) groups excluding carboxylic acids is 3. The van der Waals surface area contributed by atoms with Crippen molar-refractivity contribution < 1.29 is 23.9 Å². The van der Waals surface area contributed by atoms with E-state index in [9.17, 15) is 23.9 Å². The Balaban J connectivity index is 1.68. The summed E-state index contributed by atoms with van der Waals surface area (Å²) in [5.41, 5.74) is 1.49. The summed E-state index contributed by atoms with van der Waals surface area (Å²) in [6.07, 6.45) is 6.02. The molecular formula is C29H45FN4O4. The van der Waals surface area contributed by atoms with Crippen LogP contribution in [0.25, 0.3) is 0 Å². The van der Waals surface area contributed by atoms with Gasteiger partial charge in [0, 0.05) is 26.1 Å². The molecule has 212 valence electrons. The highest BCUT2D eigenvalue weighted by Crippen LogP contribution is 2.40. The summed E-state index contributed by atoms with van der Waals surface area (Å²) in [7, 11) is 0. The minimum atomic E-state index is -0.729. The van der Waals surface area contributed by atoms with Gasteiger partial charge in [-0.2, -0.15) is 0 Å². The number of amides is 3. The quantitative estimate of drug-likeness (QED) is 0.260. The number of aromatic hydroxyl groups is 1. The predicted molar refractivity (Wildman–Crippen MR) is 147 cm³/mol. The first kappa shape index (κ1) is 29.9. The third kappa shape index (κ3) is 6.47. The van der Waals surface area contributed by atoms with Crippen LogP contribution in [0.4, 0.5) is 10.1 Å². The highest BCUT2D eigenvalue weighted by atomic mass is 19.1. The zero-order valence-corrected chi connectivity index (χ0v) is 23.4. The molecular weight excluding hydrogens is 487 g/mol. The van der Waals surface area contributed by atoms with Crippen LogP contribution in [0.5, 0.6) is 5.75 Å². The van der Waals surface area contributed by atoms with E-state index < -0.39 is 18.3 Å². The van der Waals surface area contributed by atoms with Gasteiger partial charge in [-0.05, 0) is 88.1 Å². The Morgan fingerprint density at radius 3 is 2.66 bits per heavy atom. The number of unbranched alkanes of at least 4 members (excludes halogenated alkanes) is 1. The molecule has 3 rings (SSSR count). The molecule has 1 spiro atoms. The van der Waals surface area contributed by atoms with Crippen LogP contribution in [0.2, 0.25) is 0 Å². The molecule has 0 bridgehead atoms. The average molecular weight is 533 g/mol. The van der Waals surface area contributed by atoms with Crippen molar-refractivity contribution in [1.82, 2.24) is 15.1 Å². The smallest absolute Gasteiger partial charge is 0.246 e. The van der Waals surface area contributed by atoms with E-state index in [1.807, 2.05) is 11.8 Å².